The van der Waals surface area contributed by atoms with Gasteiger partial charge in [-0.05, 0) is 26.0 Å². The Morgan fingerprint density at radius 2 is 2.13 bits per heavy atom. The summed E-state index contributed by atoms with van der Waals surface area (Å²) in [5, 5.41) is 0. The Balaban J connectivity index is 2.33. The van der Waals surface area contributed by atoms with Crippen LogP contribution in [0.2, 0.25) is 0 Å². The molecular formula is C13H13N2+. The first-order valence-corrected chi connectivity index (χ1v) is 5.21. The van der Waals surface area contributed by atoms with Crippen LogP contribution in [0.3, 0.4) is 0 Å². The lowest BCUT2D eigenvalue weighted by molar-refractivity contribution is -0.672. The molecule has 2 nitrogen and oxygen atoms in total. The largest absolute Gasteiger partial charge is 0.258 e. The molecule has 2 heteroatoms. The maximum atomic E-state index is 4.53. The fourth-order valence-electron chi connectivity index (χ4n) is 2.41. The first-order chi connectivity index (χ1) is 7.25. The summed E-state index contributed by atoms with van der Waals surface area (Å²) in [6, 6.07) is 8.51. The number of nitrogens with zero attached hydrogens (tertiary/aromatic N) is 2. The van der Waals surface area contributed by atoms with Crippen molar-refractivity contribution in [1.29, 1.82) is 0 Å². The zero-order chi connectivity index (χ0) is 10.4. The predicted octanol–water partition coefficient (Wildman–Crippen LogP) is 2.01. The molecule has 0 aromatic carbocycles. The quantitative estimate of drug-likeness (QED) is 0.504. The van der Waals surface area contributed by atoms with Crippen LogP contribution in [0.15, 0.2) is 30.5 Å². The molecule has 0 spiro atoms. The SMILES string of the molecule is Cc1cc2c(c(C)n1)-c1cccc[n+]1C2. The van der Waals surface area contributed by atoms with Crippen LogP contribution in [0.5, 0.6) is 0 Å². The lowest BCUT2D eigenvalue weighted by Crippen LogP contribution is -2.31. The van der Waals surface area contributed by atoms with Crippen molar-refractivity contribution in [3.8, 4) is 11.3 Å². The van der Waals surface area contributed by atoms with Gasteiger partial charge in [0.2, 0.25) is 5.69 Å². The number of rotatable bonds is 0. The van der Waals surface area contributed by atoms with E-state index in [1.165, 1.54) is 16.8 Å². The highest BCUT2D eigenvalue weighted by Gasteiger charge is 2.27. The molecule has 0 saturated carbocycles. The molecule has 0 bridgehead atoms. The second kappa shape index (κ2) is 2.89. The van der Waals surface area contributed by atoms with Crippen molar-refractivity contribution in [2.45, 2.75) is 20.4 Å². The normalized spacial score (nSPS) is 12.4. The first-order valence-electron chi connectivity index (χ1n) is 5.21. The second-order valence-electron chi connectivity index (χ2n) is 4.10. The standard InChI is InChI=1S/C13H13N2/c1-9-7-11-8-15-6-4-3-5-12(15)13(11)10(2)14-9/h3-7H,8H2,1-2H3/q+1. The smallest absolute Gasteiger partial charge is 0.215 e. The van der Waals surface area contributed by atoms with Gasteiger partial charge >= 0.3 is 0 Å². The molecule has 0 atom stereocenters. The van der Waals surface area contributed by atoms with Gasteiger partial charge in [0.15, 0.2) is 12.7 Å². The third-order valence-electron chi connectivity index (χ3n) is 2.95. The third kappa shape index (κ3) is 1.18. The van der Waals surface area contributed by atoms with Gasteiger partial charge in [-0.3, -0.25) is 4.98 Å². The summed E-state index contributed by atoms with van der Waals surface area (Å²) >= 11 is 0. The van der Waals surface area contributed by atoms with Crippen LogP contribution < -0.4 is 4.57 Å². The molecule has 0 N–H and O–H groups in total. The highest BCUT2D eigenvalue weighted by molar-refractivity contribution is 5.65. The molecule has 0 amide bonds. The molecule has 1 aliphatic rings. The summed E-state index contributed by atoms with van der Waals surface area (Å²) in [6.07, 6.45) is 2.13. The van der Waals surface area contributed by atoms with Crippen LogP contribution >= 0.6 is 0 Å². The van der Waals surface area contributed by atoms with E-state index in [0.29, 0.717) is 0 Å². The zero-order valence-electron chi connectivity index (χ0n) is 8.99. The van der Waals surface area contributed by atoms with Crippen molar-refractivity contribution in [2.24, 2.45) is 0 Å². The minimum absolute atomic E-state index is 0.982. The molecule has 2 aromatic heterocycles. The van der Waals surface area contributed by atoms with E-state index in [-0.39, 0.29) is 0 Å². The van der Waals surface area contributed by atoms with Crippen LogP contribution in [0.1, 0.15) is 17.0 Å². The Kier molecular flexibility index (Phi) is 1.66. The highest BCUT2D eigenvalue weighted by atomic mass is 15.0. The van der Waals surface area contributed by atoms with Gasteiger partial charge in [-0.25, -0.2) is 0 Å². The van der Waals surface area contributed by atoms with E-state index in [2.05, 4.69) is 53.9 Å². The zero-order valence-corrected chi connectivity index (χ0v) is 8.99. The van der Waals surface area contributed by atoms with Gasteiger partial charge in [-0.1, -0.05) is 0 Å². The molecule has 0 saturated heterocycles. The summed E-state index contributed by atoms with van der Waals surface area (Å²) in [6.45, 7) is 5.13. The van der Waals surface area contributed by atoms with E-state index in [1.54, 1.807) is 0 Å². The van der Waals surface area contributed by atoms with Crippen molar-refractivity contribution < 1.29 is 4.57 Å². The lowest BCUT2D eigenvalue weighted by Gasteiger charge is -2.00. The van der Waals surface area contributed by atoms with Crippen LogP contribution in [0.25, 0.3) is 11.3 Å². The molecule has 0 aliphatic carbocycles. The second-order valence-corrected chi connectivity index (χ2v) is 4.10. The van der Waals surface area contributed by atoms with Crippen molar-refractivity contribution in [2.75, 3.05) is 0 Å². The summed E-state index contributed by atoms with van der Waals surface area (Å²) in [5.41, 5.74) is 6.26. The minimum atomic E-state index is 0.982. The van der Waals surface area contributed by atoms with Gasteiger partial charge in [-0.15, -0.1) is 0 Å². The van der Waals surface area contributed by atoms with Gasteiger partial charge in [-0.2, -0.15) is 4.57 Å². The number of hydrogen-bond donors (Lipinski definition) is 0. The maximum absolute atomic E-state index is 4.53. The van der Waals surface area contributed by atoms with E-state index in [9.17, 15) is 0 Å². The molecule has 2 aromatic rings. The number of hydrogen-bond acceptors (Lipinski definition) is 1. The van der Waals surface area contributed by atoms with E-state index in [0.717, 1.165) is 17.9 Å². The Morgan fingerprint density at radius 1 is 1.27 bits per heavy atom. The molecule has 74 valence electrons. The van der Waals surface area contributed by atoms with Crippen molar-refractivity contribution >= 4 is 0 Å². The fraction of sp³-hybridized carbons (Fsp3) is 0.231. The number of pyridine rings is 2. The molecule has 0 unspecified atom stereocenters. The molecule has 0 radical (unpaired) electrons. The first kappa shape index (κ1) is 8.60. The van der Waals surface area contributed by atoms with Gasteiger partial charge in [0, 0.05) is 23.4 Å². The number of aromatic nitrogens is 2. The number of fused-ring (bicyclic) bond motifs is 3. The van der Waals surface area contributed by atoms with Gasteiger partial charge in [0.1, 0.15) is 0 Å². The monoisotopic (exact) mass is 197 g/mol. The molecule has 15 heavy (non-hydrogen) atoms. The average molecular weight is 197 g/mol. The summed E-state index contributed by atoms with van der Waals surface area (Å²) < 4.78 is 2.28. The summed E-state index contributed by atoms with van der Waals surface area (Å²) in [7, 11) is 0. The van der Waals surface area contributed by atoms with Gasteiger partial charge in [0.05, 0.1) is 11.3 Å². The van der Waals surface area contributed by atoms with E-state index >= 15 is 0 Å². The molecule has 3 heterocycles. The predicted molar refractivity (Wildman–Crippen MR) is 58.4 cm³/mol. The molecule has 1 aliphatic heterocycles. The topological polar surface area (TPSA) is 16.8 Å². The van der Waals surface area contributed by atoms with Crippen molar-refractivity contribution in [1.82, 2.24) is 4.98 Å². The molecule has 3 rings (SSSR count). The molecular weight excluding hydrogens is 184 g/mol. The Hall–Kier alpha value is -1.70. The number of aryl methyl sites for hydroxylation is 2. The Labute approximate surface area is 89.2 Å². The van der Waals surface area contributed by atoms with Crippen LogP contribution in [0, 0.1) is 13.8 Å². The van der Waals surface area contributed by atoms with Crippen LogP contribution in [0.4, 0.5) is 0 Å². The minimum Gasteiger partial charge on any atom is -0.258 e. The van der Waals surface area contributed by atoms with E-state index in [4.69, 9.17) is 0 Å². The highest BCUT2D eigenvalue weighted by Crippen LogP contribution is 2.28. The van der Waals surface area contributed by atoms with Crippen LogP contribution in [-0.4, -0.2) is 4.98 Å². The van der Waals surface area contributed by atoms with Crippen LogP contribution in [-0.2, 0) is 6.54 Å². The van der Waals surface area contributed by atoms with Crippen molar-refractivity contribution in [3.63, 3.8) is 0 Å². The third-order valence-corrected chi connectivity index (χ3v) is 2.95. The summed E-state index contributed by atoms with van der Waals surface area (Å²) in [5.74, 6) is 0. The van der Waals surface area contributed by atoms with Gasteiger partial charge < -0.3 is 0 Å². The van der Waals surface area contributed by atoms with E-state index < -0.39 is 0 Å². The summed E-state index contributed by atoms with van der Waals surface area (Å²) in [4.78, 5) is 4.53. The van der Waals surface area contributed by atoms with E-state index in [1.807, 2.05) is 0 Å². The maximum Gasteiger partial charge on any atom is 0.215 e. The Morgan fingerprint density at radius 3 is 3.00 bits per heavy atom. The van der Waals surface area contributed by atoms with Crippen molar-refractivity contribution in [3.05, 3.63) is 47.4 Å². The fourth-order valence-corrected chi connectivity index (χ4v) is 2.41. The Bertz CT molecular complexity index is 544. The average Bonchev–Trinajstić information content (AvgIpc) is 2.54. The van der Waals surface area contributed by atoms with Gasteiger partial charge in [0.25, 0.3) is 0 Å². The molecule has 0 fully saturated rings. The lowest BCUT2D eigenvalue weighted by atomic mass is 10.1.